The number of fused-ring (bicyclic) bond motifs is 2. The fourth-order valence-electron chi connectivity index (χ4n) is 10.6. The van der Waals surface area contributed by atoms with Gasteiger partial charge >= 0.3 is 12.2 Å². The maximum atomic E-state index is 12.8. The molecule has 0 unspecified atom stereocenters. The van der Waals surface area contributed by atoms with Gasteiger partial charge in [0.25, 0.3) is 0 Å². The van der Waals surface area contributed by atoms with E-state index in [-0.39, 0.29) is 53.7 Å². The number of halogens is 1. The number of rotatable bonds is 5. The first-order valence-corrected chi connectivity index (χ1v) is 25.1. The quantitative estimate of drug-likeness (QED) is 0.252. The number of carbonyl (C=O) groups excluding carboxylic acids is 4. The molecule has 16 nitrogen and oxygen atoms in total. The second-order valence-corrected chi connectivity index (χ2v) is 22.6. The number of allylic oxidation sites excluding steroid dienone is 2. The molecule has 8 aliphatic rings. The summed E-state index contributed by atoms with van der Waals surface area (Å²) in [5.41, 5.74) is 5.83. The van der Waals surface area contributed by atoms with Gasteiger partial charge in [-0.25, -0.2) is 19.6 Å². The number of alkyl carbamates (subject to hydrolysis) is 2. The lowest BCUT2D eigenvalue weighted by Gasteiger charge is -2.49. The molecule has 0 bridgehead atoms. The minimum absolute atomic E-state index is 0.000275. The Bertz CT molecular complexity index is 2470. The average molecular weight is 964 g/mol. The normalized spacial score (nSPS) is 21.6. The SMILES string of the molecule is CC(C)(C)OC(=O)NC1CN(c2cc3c(cn2)CC(=O)C(C#N)=C3N2CCC3(CCC3)CC2)C1.CC(C)(C)OC(=O)NC1CNC1.N#CC1=C(N2CCC3(CCC3)CC2)c2cc(Cl)ncc2CC1=O. The molecule has 368 valence electrons. The van der Waals surface area contributed by atoms with Crippen molar-refractivity contribution >= 4 is 52.6 Å². The average Bonchev–Trinajstić information content (AvgIpc) is 3.23. The van der Waals surface area contributed by atoms with Crippen LogP contribution >= 0.6 is 11.6 Å². The van der Waals surface area contributed by atoms with Gasteiger partial charge in [0.05, 0.1) is 23.5 Å². The van der Waals surface area contributed by atoms with Gasteiger partial charge in [-0.3, -0.25) is 9.59 Å². The minimum Gasteiger partial charge on any atom is -0.444 e. The number of anilines is 1. The summed E-state index contributed by atoms with van der Waals surface area (Å²) in [4.78, 5) is 63.5. The summed E-state index contributed by atoms with van der Waals surface area (Å²) in [5, 5.41) is 28.5. The Balaban J connectivity index is 0.000000157. The molecule has 2 spiro atoms. The summed E-state index contributed by atoms with van der Waals surface area (Å²) in [5.74, 6) is 0.578. The number of nitrogens with one attached hydrogen (secondary N) is 3. The van der Waals surface area contributed by atoms with Crippen molar-refractivity contribution < 1.29 is 28.7 Å². The molecule has 0 atom stereocenters. The molecule has 2 amide bonds. The Labute approximate surface area is 411 Å². The van der Waals surface area contributed by atoms with Gasteiger partial charge in [-0.05, 0) is 127 Å². The van der Waals surface area contributed by atoms with E-state index in [4.69, 9.17) is 21.1 Å². The molecule has 4 aliphatic heterocycles. The van der Waals surface area contributed by atoms with Gasteiger partial charge in [-0.15, -0.1) is 0 Å². The maximum Gasteiger partial charge on any atom is 0.407 e. The van der Waals surface area contributed by atoms with Crippen LogP contribution in [-0.4, -0.2) is 119 Å². The third-order valence-corrected chi connectivity index (χ3v) is 15.1. The van der Waals surface area contributed by atoms with Gasteiger partial charge in [0.1, 0.15) is 45.5 Å². The number of nitriles is 2. The number of likely N-dealkylation sites (tertiary alicyclic amines) is 2. The number of hydrogen-bond acceptors (Lipinski definition) is 14. The number of piperidine rings is 2. The summed E-state index contributed by atoms with van der Waals surface area (Å²) in [6.07, 6.45) is 15.7. The van der Waals surface area contributed by atoms with Crippen molar-refractivity contribution in [1.29, 1.82) is 10.5 Å². The Morgan fingerprint density at radius 3 is 1.51 bits per heavy atom. The van der Waals surface area contributed by atoms with Crippen LogP contribution in [0.3, 0.4) is 0 Å². The number of amides is 2. The van der Waals surface area contributed by atoms with E-state index in [0.717, 1.165) is 104 Å². The van der Waals surface area contributed by atoms with Crippen LogP contribution in [0.5, 0.6) is 0 Å². The van der Waals surface area contributed by atoms with Crippen LogP contribution in [0.25, 0.3) is 11.4 Å². The van der Waals surface area contributed by atoms with Crippen molar-refractivity contribution in [3.05, 3.63) is 63.1 Å². The molecule has 4 saturated heterocycles. The van der Waals surface area contributed by atoms with Gasteiger partial charge < -0.3 is 40.1 Å². The van der Waals surface area contributed by atoms with E-state index in [1.807, 2.05) is 47.6 Å². The minimum atomic E-state index is -0.529. The molecule has 69 heavy (non-hydrogen) atoms. The summed E-state index contributed by atoms with van der Waals surface area (Å²) in [6, 6.07) is 8.41. The van der Waals surface area contributed by atoms with Crippen LogP contribution in [0.4, 0.5) is 15.4 Å². The molecular weight excluding hydrogens is 896 g/mol. The highest BCUT2D eigenvalue weighted by Gasteiger charge is 2.43. The van der Waals surface area contributed by atoms with Gasteiger partial charge in [0.2, 0.25) is 0 Å². The molecule has 2 saturated carbocycles. The molecule has 17 heteroatoms. The van der Waals surface area contributed by atoms with E-state index in [0.29, 0.717) is 29.1 Å². The Morgan fingerprint density at radius 2 is 1.12 bits per heavy atom. The molecular formula is C52H67ClN10O6. The lowest BCUT2D eigenvalue weighted by molar-refractivity contribution is -0.115. The molecule has 6 heterocycles. The summed E-state index contributed by atoms with van der Waals surface area (Å²) in [6.45, 7) is 17.7. The first kappa shape index (κ1) is 49.7. The van der Waals surface area contributed by atoms with Crippen molar-refractivity contribution in [1.82, 2.24) is 35.7 Å². The fraction of sp³-hybridized carbons (Fsp3) is 0.615. The van der Waals surface area contributed by atoms with Crippen LogP contribution in [0.15, 0.2) is 35.7 Å². The van der Waals surface area contributed by atoms with E-state index in [1.54, 1.807) is 18.5 Å². The van der Waals surface area contributed by atoms with Crippen LogP contribution in [-0.2, 0) is 31.9 Å². The van der Waals surface area contributed by atoms with Crippen LogP contribution < -0.4 is 20.9 Å². The number of pyridine rings is 2. The number of carbonyl (C=O) groups is 4. The molecule has 0 radical (unpaired) electrons. The third-order valence-electron chi connectivity index (χ3n) is 14.9. The molecule has 6 fully saturated rings. The van der Waals surface area contributed by atoms with E-state index in [1.165, 1.54) is 38.5 Å². The van der Waals surface area contributed by atoms with Crippen LogP contribution in [0.2, 0.25) is 5.15 Å². The van der Waals surface area contributed by atoms with Crippen molar-refractivity contribution in [3.8, 4) is 12.1 Å². The number of Topliss-reactive ketones (excluding diaryl/α,β-unsaturated/α-hetero) is 2. The second kappa shape index (κ2) is 20.0. The summed E-state index contributed by atoms with van der Waals surface area (Å²) < 4.78 is 10.4. The molecule has 10 rings (SSSR count). The first-order valence-electron chi connectivity index (χ1n) is 24.7. The maximum absolute atomic E-state index is 12.8. The highest BCUT2D eigenvalue weighted by Crippen LogP contribution is 2.51. The van der Waals surface area contributed by atoms with Gasteiger partial charge in [0, 0.05) is 88.7 Å². The number of aromatic nitrogens is 2. The zero-order chi connectivity index (χ0) is 49.3. The first-order chi connectivity index (χ1) is 32.8. The van der Waals surface area contributed by atoms with Gasteiger partial charge in [-0.2, -0.15) is 10.5 Å². The Hall–Kier alpha value is -5.71. The topological polar surface area (TPSA) is 206 Å². The lowest BCUT2D eigenvalue weighted by Crippen LogP contribution is -2.60. The largest absolute Gasteiger partial charge is 0.444 e. The third kappa shape index (κ3) is 11.5. The number of nitrogens with zero attached hydrogens (tertiary/aromatic N) is 7. The fourth-order valence-corrected chi connectivity index (χ4v) is 10.8. The van der Waals surface area contributed by atoms with Gasteiger partial charge in [-0.1, -0.05) is 24.4 Å². The molecule has 4 aliphatic carbocycles. The Morgan fingerprint density at radius 1 is 0.681 bits per heavy atom. The summed E-state index contributed by atoms with van der Waals surface area (Å²) in [7, 11) is 0. The van der Waals surface area contributed by atoms with E-state index < -0.39 is 17.3 Å². The monoisotopic (exact) mass is 962 g/mol. The summed E-state index contributed by atoms with van der Waals surface area (Å²) >= 11 is 6.07. The standard InChI is InChI=1S/C26H33N5O3.C18H18ClN3O.C8H16N2O2/c1-25(2,3)34-24(33)29-18-15-31(16-18)22-12-19-17(14-28-22)11-21(32)20(13-27)23(19)30-9-7-26(8-10-30)5-4-6-26;19-16-9-13-12(11-21-16)8-15(23)14(10-20)17(13)22-6-4-18(5-7-22)2-1-3-18;1-8(2,3)12-7(11)10-6-4-9-5-6/h12,14,18H,4-11,15-16H2,1-3H3,(H,29,33);9,11H,1-8H2;6,9H,4-5H2,1-3H3,(H,10,11). The van der Waals surface area contributed by atoms with E-state index in [2.05, 4.69) is 52.8 Å². The number of ketones is 2. The molecule has 3 N–H and O–H groups in total. The second-order valence-electron chi connectivity index (χ2n) is 22.2. The predicted molar refractivity (Wildman–Crippen MR) is 262 cm³/mol. The van der Waals surface area contributed by atoms with Crippen LogP contribution in [0, 0.1) is 33.5 Å². The van der Waals surface area contributed by atoms with Crippen molar-refractivity contribution in [3.63, 3.8) is 0 Å². The molecule has 2 aromatic rings. The van der Waals surface area contributed by atoms with Gasteiger partial charge in [0.15, 0.2) is 11.6 Å². The van der Waals surface area contributed by atoms with Crippen molar-refractivity contribution in [2.45, 2.75) is 142 Å². The number of ether oxygens (including phenoxy) is 2. The molecule has 0 aromatic carbocycles. The molecule has 2 aromatic heterocycles. The Kier molecular flexibility index (Phi) is 14.4. The van der Waals surface area contributed by atoms with Crippen LogP contribution in [0.1, 0.15) is 128 Å². The number of hydrogen-bond donors (Lipinski definition) is 3. The highest BCUT2D eigenvalue weighted by molar-refractivity contribution is 6.29. The van der Waals surface area contributed by atoms with E-state index in [9.17, 15) is 29.7 Å². The van der Waals surface area contributed by atoms with E-state index >= 15 is 0 Å². The zero-order valence-corrected chi connectivity index (χ0v) is 41.8. The predicted octanol–water partition coefficient (Wildman–Crippen LogP) is 7.26. The van der Waals surface area contributed by atoms with Crippen molar-refractivity contribution in [2.75, 3.05) is 57.3 Å². The zero-order valence-electron chi connectivity index (χ0n) is 41.1. The van der Waals surface area contributed by atoms with Crippen molar-refractivity contribution in [2.24, 2.45) is 10.8 Å². The highest BCUT2D eigenvalue weighted by atomic mass is 35.5. The lowest BCUT2D eigenvalue weighted by atomic mass is 9.63. The smallest absolute Gasteiger partial charge is 0.407 e.